The summed E-state index contributed by atoms with van der Waals surface area (Å²) in [5, 5.41) is 3.36. The number of nitrogens with one attached hydrogen (secondary N) is 1. The number of hydrogen-bond donors (Lipinski definition) is 1. The molecule has 1 N–H and O–H groups in total. The molecule has 0 aromatic carbocycles. The number of anilines is 2. The van der Waals surface area contributed by atoms with Crippen LogP contribution < -0.4 is 10.2 Å². The van der Waals surface area contributed by atoms with E-state index in [1.54, 1.807) is 0 Å². The second kappa shape index (κ2) is 5.47. The number of rotatable bonds is 3. The molecule has 0 radical (unpaired) electrons. The van der Waals surface area contributed by atoms with Crippen LogP contribution in [-0.2, 0) is 5.41 Å². The molecule has 2 heterocycles. The van der Waals surface area contributed by atoms with E-state index < -0.39 is 0 Å². The van der Waals surface area contributed by atoms with Crippen molar-refractivity contribution in [2.75, 3.05) is 29.9 Å². The summed E-state index contributed by atoms with van der Waals surface area (Å²) in [5.41, 5.74) is -0.0181. The van der Waals surface area contributed by atoms with Crippen LogP contribution in [0.4, 0.5) is 11.6 Å². The second-order valence-corrected chi connectivity index (χ2v) is 7.57. The largest absolute Gasteiger partial charge is 0.370 e. The maximum atomic E-state index is 4.87. The lowest BCUT2D eigenvalue weighted by molar-refractivity contribution is 0.494. The molecule has 4 heteroatoms. The zero-order valence-electron chi connectivity index (χ0n) is 13.8. The van der Waals surface area contributed by atoms with Gasteiger partial charge in [-0.15, -0.1) is 0 Å². The molecular weight excluding hydrogens is 260 g/mol. The first kappa shape index (κ1) is 14.6. The Bertz CT molecular complexity index is 494. The Morgan fingerprint density at radius 3 is 2.43 bits per heavy atom. The minimum absolute atomic E-state index is 0.0181. The molecule has 0 bridgehead atoms. The highest BCUT2D eigenvalue weighted by atomic mass is 15.2. The Balaban J connectivity index is 1.88. The normalized spacial score (nSPS) is 25.2. The average molecular weight is 288 g/mol. The van der Waals surface area contributed by atoms with Gasteiger partial charge >= 0.3 is 0 Å². The van der Waals surface area contributed by atoms with Gasteiger partial charge in [-0.3, -0.25) is 0 Å². The Labute approximate surface area is 128 Å². The van der Waals surface area contributed by atoms with Gasteiger partial charge in [0, 0.05) is 31.1 Å². The lowest BCUT2D eigenvalue weighted by atomic mass is 9.96. The van der Waals surface area contributed by atoms with Crippen LogP contribution in [-0.4, -0.2) is 29.6 Å². The molecule has 1 aliphatic carbocycles. The molecule has 2 aliphatic rings. The highest BCUT2D eigenvalue weighted by Crippen LogP contribution is 2.39. The maximum absolute atomic E-state index is 4.87. The minimum Gasteiger partial charge on any atom is -0.370 e. The van der Waals surface area contributed by atoms with Crippen LogP contribution in [0.1, 0.15) is 52.8 Å². The molecule has 1 aliphatic heterocycles. The Kier molecular flexibility index (Phi) is 3.80. The van der Waals surface area contributed by atoms with Crippen LogP contribution in [0.15, 0.2) is 6.07 Å². The molecule has 3 rings (SSSR count). The van der Waals surface area contributed by atoms with Gasteiger partial charge in [-0.1, -0.05) is 27.2 Å². The van der Waals surface area contributed by atoms with Crippen molar-refractivity contribution in [2.24, 2.45) is 11.8 Å². The molecule has 1 aromatic rings. The molecule has 2 fully saturated rings. The predicted molar refractivity (Wildman–Crippen MR) is 87.9 cm³/mol. The van der Waals surface area contributed by atoms with Crippen molar-refractivity contribution in [3.8, 4) is 0 Å². The van der Waals surface area contributed by atoms with Crippen LogP contribution in [0, 0.1) is 11.8 Å². The van der Waals surface area contributed by atoms with Crippen molar-refractivity contribution in [1.82, 2.24) is 9.97 Å². The standard InChI is InChI=1S/C17H28N4/c1-5-18-14-9-15(20-16(19-14)17(2,3)4)21-10-12-7-6-8-13(12)11-21/h9,12-13H,5-8,10-11H2,1-4H3,(H,18,19,20). The van der Waals surface area contributed by atoms with Crippen molar-refractivity contribution >= 4 is 11.6 Å². The van der Waals surface area contributed by atoms with Gasteiger partial charge in [-0.05, 0) is 31.6 Å². The zero-order chi connectivity index (χ0) is 15.0. The van der Waals surface area contributed by atoms with Gasteiger partial charge in [-0.25, -0.2) is 9.97 Å². The van der Waals surface area contributed by atoms with Crippen LogP contribution in [0.5, 0.6) is 0 Å². The van der Waals surface area contributed by atoms with Gasteiger partial charge in [0.2, 0.25) is 0 Å². The molecule has 4 nitrogen and oxygen atoms in total. The molecule has 1 saturated carbocycles. The van der Waals surface area contributed by atoms with E-state index in [0.29, 0.717) is 0 Å². The van der Waals surface area contributed by atoms with E-state index in [9.17, 15) is 0 Å². The van der Waals surface area contributed by atoms with Crippen molar-refractivity contribution in [2.45, 2.75) is 52.4 Å². The lowest BCUT2D eigenvalue weighted by Gasteiger charge is -2.23. The quantitative estimate of drug-likeness (QED) is 0.925. The van der Waals surface area contributed by atoms with E-state index in [4.69, 9.17) is 4.98 Å². The molecule has 0 spiro atoms. The first-order chi connectivity index (χ1) is 9.97. The van der Waals surface area contributed by atoms with Crippen LogP contribution in [0.3, 0.4) is 0 Å². The van der Waals surface area contributed by atoms with Gasteiger partial charge < -0.3 is 10.2 Å². The van der Waals surface area contributed by atoms with Gasteiger partial charge in [0.25, 0.3) is 0 Å². The molecule has 116 valence electrons. The topological polar surface area (TPSA) is 41.0 Å². The Hall–Kier alpha value is -1.32. The summed E-state index contributed by atoms with van der Waals surface area (Å²) in [7, 11) is 0. The van der Waals surface area contributed by atoms with E-state index in [1.165, 1.54) is 32.4 Å². The summed E-state index contributed by atoms with van der Waals surface area (Å²) in [6.07, 6.45) is 4.22. The third kappa shape index (κ3) is 2.99. The summed E-state index contributed by atoms with van der Waals surface area (Å²) in [4.78, 5) is 12.0. The summed E-state index contributed by atoms with van der Waals surface area (Å²) in [6.45, 7) is 11.9. The van der Waals surface area contributed by atoms with Crippen LogP contribution in [0.25, 0.3) is 0 Å². The molecule has 2 atom stereocenters. The van der Waals surface area contributed by atoms with Crippen molar-refractivity contribution in [1.29, 1.82) is 0 Å². The van der Waals surface area contributed by atoms with E-state index in [2.05, 4.69) is 49.0 Å². The molecule has 2 unspecified atom stereocenters. The average Bonchev–Trinajstić information content (AvgIpc) is 2.98. The molecule has 1 aromatic heterocycles. The highest BCUT2D eigenvalue weighted by Gasteiger charge is 2.37. The third-order valence-electron chi connectivity index (χ3n) is 4.79. The summed E-state index contributed by atoms with van der Waals surface area (Å²) < 4.78 is 0. The fourth-order valence-corrected chi connectivity index (χ4v) is 3.63. The van der Waals surface area contributed by atoms with E-state index in [1.807, 2.05) is 0 Å². The fraction of sp³-hybridized carbons (Fsp3) is 0.765. The first-order valence-corrected chi connectivity index (χ1v) is 8.35. The highest BCUT2D eigenvalue weighted by molar-refractivity contribution is 5.51. The summed E-state index contributed by atoms with van der Waals surface area (Å²) in [6, 6.07) is 2.12. The van der Waals surface area contributed by atoms with E-state index >= 15 is 0 Å². The van der Waals surface area contributed by atoms with Crippen LogP contribution >= 0.6 is 0 Å². The summed E-state index contributed by atoms with van der Waals surface area (Å²) >= 11 is 0. The minimum atomic E-state index is -0.0181. The van der Waals surface area contributed by atoms with E-state index in [-0.39, 0.29) is 5.41 Å². The van der Waals surface area contributed by atoms with Crippen LogP contribution in [0.2, 0.25) is 0 Å². The first-order valence-electron chi connectivity index (χ1n) is 8.35. The molecule has 0 amide bonds. The number of aromatic nitrogens is 2. The molecule has 1 saturated heterocycles. The summed E-state index contributed by atoms with van der Waals surface area (Å²) in [5.74, 6) is 4.79. The monoisotopic (exact) mass is 288 g/mol. The van der Waals surface area contributed by atoms with Crippen molar-refractivity contribution in [3.05, 3.63) is 11.9 Å². The third-order valence-corrected chi connectivity index (χ3v) is 4.79. The lowest BCUT2D eigenvalue weighted by Crippen LogP contribution is -2.25. The smallest absolute Gasteiger partial charge is 0.138 e. The van der Waals surface area contributed by atoms with Crippen molar-refractivity contribution < 1.29 is 0 Å². The van der Waals surface area contributed by atoms with Gasteiger partial charge in [-0.2, -0.15) is 0 Å². The SMILES string of the molecule is CCNc1cc(N2CC3CCCC3C2)nc(C(C)(C)C)n1. The Morgan fingerprint density at radius 1 is 1.19 bits per heavy atom. The molecular formula is C17H28N4. The Morgan fingerprint density at radius 2 is 1.86 bits per heavy atom. The maximum Gasteiger partial charge on any atom is 0.138 e. The number of fused-ring (bicyclic) bond motifs is 1. The zero-order valence-corrected chi connectivity index (χ0v) is 13.8. The molecule has 21 heavy (non-hydrogen) atoms. The van der Waals surface area contributed by atoms with E-state index in [0.717, 1.165) is 35.8 Å². The predicted octanol–water partition coefficient (Wildman–Crippen LogP) is 3.44. The van der Waals surface area contributed by atoms with Crippen molar-refractivity contribution in [3.63, 3.8) is 0 Å². The number of hydrogen-bond acceptors (Lipinski definition) is 4. The fourth-order valence-electron chi connectivity index (χ4n) is 3.63. The van der Waals surface area contributed by atoms with Gasteiger partial charge in [0.05, 0.1) is 0 Å². The number of nitrogens with zero attached hydrogens (tertiary/aromatic N) is 3. The van der Waals surface area contributed by atoms with Gasteiger partial charge in [0.15, 0.2) is 0 Å². The second-order valence-electron chi connectivity index (χ2n) is 7.57. The van der Waals surface area contributed by atoms with Gasteiger partial charge in [0.1, 0.15) is 17.5 Å².